The second-order valence-electron chi connectivity index (χ2n) is 7.58. The number of rotatable bonds is 6. The smallest absolute Gasteiger partial charge is 0.435 e. The van der Waals surface area contributed by atoms with Gasteiger partial charge in [-0.3, -0.25) is 4.79 Å². The predicted molar refractivity (Wildman–Crippen MR) is 114 cm³/mol. The Morgan fingerprint density at radius 1 is 1.12 bits per heavy atom. The molecule has 0 aliphatic carbocycles. The largest absolute Gasteiger partial charge is 0.466 e. The average molecular weight is 458 g/mol. The third kappa shape index (κ3) is 4.81. The number of aromatic nitrogens is 5. The standard InChI is InChI=1S/C22H21F3N6O2/c1-13-10-14(2)27-20-19(13)21(29-30(20)3)33-12-18(32)26-11-15-4-6-16(7-5-15)31-9-8-17(28-31)22(23,24)25/h4-10H,11-12H2,1-3H3,(H,26,32). The highest BCUT2D eigenvalue weighted by molar-refractivity contribution is 5.85. The van der Waals surface area contributed by atoms with Crippen LogP contribution in [0.2, 0.25) is 0 Å². The van der Waals surface area contributed by atoms with Crippen LogP contribution in [-0.4, -0.2) is 37.1 Å². The molecule has 8 nitrogen and oxygen atoms in total. The molecule has 1 N–H and O–H groups in total. The Morgan fingerprint density at radius 3 is 2.52 bits per heavy atom. The zero-order valence-electron chi connectivity index (χ0n) is 18.1. The summed E-state index contributed by atoms with van der Waals surface area (Å²) in [5.74, 6) is 0.00644. The van der Waals surface area contributed by atoms with Gasteiger partial charge in [0.1, 0.15) is 0 Å². The molecule has 33 heavy (non-hydrogen) atoms. The van der Waals surface area contributed by atoms with Crippen LogP contribution in [0.5, 0.6) is 5.88 Å². The molecule has 172 valence electrons. The third-order valence-corrected chi connectivity index (χ3v) is 5.00. The minimum absolute atomic E-state index is 0.217. The molecule has 0 spiro atoms. The van der Waals surface area contributed by atoms with E-state index in [-0.39, 0.29) is 19.1 Å². The lowest BCUT2D eigenvalue weighted by Crippen LogP contribution is -2.28. The molecule has 0 unspecified atom stereocenters. The van der Waals surface area contributed by atoms with Crippen LogP contribution < -0.4 is 10.1 Å². The Balaban J connectivity index is 1.34. The van der Waals surface area contributed by atoms with Gasteiger partial charge >= 0.3 is 6.18 Å². The molecule has 4 rings (SSSR count). The number of carbonyl (C=O) groups is 1. The molecule has 1 amide bonds. The summed E-state index contributed by atoms with van der Waals surface area (Å²) in [5, 5.41) is 11.4. The molecule has 1 aromatic carbocycles. The molecule has 4 aromatic rings. The maximum Gasteiger partial charge on any atom is 0.435 e. The van der Waals surface area contributed by atoms with Crippen molar-refractivity contribution in [2.45, 2.75) is 26.6 Å². The third-order valence-electron chi connectivity index (χ3n) is 5.00. The van der Waals surface area contributed by atoms with Crippen LogP contribution in [0.1, 0.15) is 22.5 Å². The van der Waals surface area contributed by atoms with Gasteiger partial charge in [-0.05, 0) is 49.2 Å². The Hall–Kier alpha value is -3.89. The minimum atomic E-state index is -4.49. The van der Waals surface area contributed by atoms with Crippen molar-refractivity contribution in [3.8, 4) is 11.6 Å². The summed E-state index contributed by atoms with van der Waals surface area (Å²) >= 11 is 0. The first-order chi connectivity index (χ1) is 15.6. The molecule has 0 radical (unpaired) electrons. The zero-order chi connectivity index (χ0) is 23.8. The van der Waals surface area contributed by atoms with Gasteiger partial charge < -0.3 is 10.1 Å². The van der Waals surface area contributed by atoms with Crippen LogP contribution in [0.4, 0.5) is 13.2 Å². The van der Waals surface area contributed by atoms with Gasteiger partial charge in [0.25, 0.3) is 5.91 Å². The molecule has 11 heteroatoms. The maximum absolute atomic E-state index is 12.7. The summed E-state index contributed by atoms with van der Waals surface area (Å²) in [6, 6.07) is 9.50. The average Bonchev–Trinajstić information content (AvgIpc) is 3.37. The number of pyridine rings is 1. The number of aryl methyl sites for hydroxylation is 3. The summed E-state index contributed by atoms with van der Waals surface area (Å²) in [4.78, 5) is 16.7. The summed E-state index contributed by atoms with van der Waals surface area (Å²) in [7, 11) is 1.76. The fraction of sp³-hybridized carbons (Fsp3) is 0.273. The van der Waals surface area contributed by atoms with Crippen molar-refractivity contribution in [2.24, 2.45) is 7.05 Å². The highest BCUT2D eigenvalue weighted by Gasteiger charge is 2.33. The van der Waals surface area contributed by atoms with Crippen molar-refractivity contribution >= 4 is 16.9 Å². The lowest BCUT2D eigenvalue weighted by molar-refractivity contribution is -0.141. The first-order valence-corrected chi connectivity index (χ1v) is 10.0. The van der Waals surface area contributed by atoms with Gasteiger partial charge in [0, 0.05) is 25.5 Å². The van der Waals surface area contributed by atoms with Crippen LogP contribution in [0.3, 0.4) is 0 Å². The Morgan fingerprint density at radius 2 is 1.85 bits per heavy atom. The van der Waals surface area contributed by atoms with Crippen LogP contribution >= 0.6 is 0 Å². The van der Waals surface area contributed by atoms with Crippen molar-refractivity contribution in [2.75, 3.05) is 6.61 Å². The first kappa shape index (κ1) is 22.3. The van der Waals surface area contributed by atoms with Crippen LogP contribution in [-0.2, 0) is 24.6 Å². The number of halogens is 3. The summed E-state index contributed by atoms with van der Waals surface area (Å²) in [5.41, 5.74) is 2.80. The van der Waals surface area contributed by atoms with E-state index in [2.05, 4.69) is 20.5 Å². The van der Waals surface area contributed by atoms with E-state index in [0.717, 1.165) is 33.0 Å². The molecule has 0 aliphatic heterocycles. The fourth-order valence-electron chi connectivity index (χ4n) is 3.42. The van der Waals surface area contributed by atoms with Gasteiger partial charge in [-0.1, -0.05) is 12.1 Å². The number of hydrogen-bond donors (Lipinski definition) is 1. The highest BCUT2D eigenvalue weighted by Crippen LogP contribution is 2.28. The van der Waals surface area contributed by atoms with Crippen LogP contribution in [0, 0.1) is 13.8 Å². The van der Waals surface area contributed by atoms with Crippen molar-refractivity contribution in [3.05, 3.63) is 65.1 Å². The van der Waals surface area contributed by atoms with Gasteiger partial charge in [-0.25, -0.2) is 14.3 Å². The van der Waals surface area contributed by atoms with Crippen LogP contribution in [0.25, 0.3) is 16.7 Å². The lowest BCUT2D eigenvalue weighted by atomic mass is 10.2. The SMILES string of the molecule is Cc1cc(C)c2c(OCC(=O)NCc3ccc(-n4ccc(C(F)(F)F)n4)cc3)nn(C)c2n1. The number of alkyl halides is 3. The number of carbonyl (C=O) groups excluding carboxylic acids is 1. The first-order valence-electron chi connectivity index (χ1n) is 10.0. The normalized spacial score (nSPS) is 11.7. The van der Waals surface area contributed by atoms with E-state index < -0.39 is 11.9 Å². The Kier molecular flexibility index (Phi) is 5.79. The van der Waals surface area contributed by atoms with Crippen molar-refractivity contribution in [1.82, 2.24) is 29.9 Å². The summed E-state index contributed by atoms with van der Waals surface area (Å²) in [6.45, 7) is 3.85. The van der Waals surface area contributed by atoms with Gasteiger partial charge in [0.15, 0.2) is 17.9 Å². The second-order valence-corrected chi connectivity index (χ2v) is 7.58. The summed E-state index contributed by atoms with van der Waals surface area (Å²) in [6.07, 6.45) is -3.25. The van der Waals surface area contributed by atoms with E-state index in [1.807, 2.05) is 19.9 Å². The quantitative estimate of drug-likeness (QED) is 0.478. The highest BCUT2D eigenvalue weighted by atomic mass is 19.4. The number of hydrogen-bond acceptors (Lipinski definition) is 5. The van der Waals surface area contributed by atoms with Gasteiger partial charge in [-0.2, -0.15) is 18.3 Å². The predicted octanol–water partition coefficient (Wildman–Crippen LogP) is 3.48. The van der Waals surface area contributed by atoms with E-state index in [1.54, 1.807) is 36.0 Å². The van der Waals surface area contributed by atoms with E-state index in [9.17, 15) is 18.0 Å². The van der Waals surface area contributed by atoms with Crippen molar-refractivity contribution < 1.29 is 22.7 Å². The molecule has 0 saturated heterocycles. The molecule has 3 heterocycles. The molecular weight excluding hydrogens is 437 g/mol. The lowest BCUT2D eigenvalue weighted by Gasteiger charge is -2.08. The van der Waals surface area contributed by atoms with Crippen LogP contribution in [0.15, 0.2) is 42.6 Å². The monoisotopic (exact) mass is 458 g/mol. The number of amides is 1. The second kappa shape index (κ2) is 8.57. The molecule has 0 saturated carbocycles. The number of nitrogens with zero attached hydrogens (tertiary/aromatic N) is 5. The van der Waals surface area contributed by atoms with Gasteiger partial charge in [0.2, 0.25) is 5.88 Å². The topological polar surface area (TPSA) is 86.9 Å². The molecule has 0 atom stereocenters. The Labute approximate surface area is 187 Å². The molecule has 3 aromatic heterocycles. The van der Waals surface area contributed by atoms with Gasteiger partial charge in [-0.15, -0.1) is 5.10 Å². The number of ether oxygens (including phenoxy) is 1. The minimum Gasteiger partial charge on any atom is -0.466 e. The van der Waals surface area contributed by atoms with Crippen molar-refractivity contribution in [1.29, 1.82) is 0 Å². The zero-order valence-corrected chi connectivity index (χ0v) is 18.1. The number of fused-ring (bicyclic) bond motifs is 1. The molecule has 0 aliphatic rings. The molecule has 0 bridgehead atoms. The molecular formula is C22H21F3N6O2. The van der Waals surface area contributed by atoms with E-state index in [0.29, 0.717) is 17.2 Å². The fourth-order valence-corrected chi connectivity index (χ4v) is 3.42. The number of nitrogens with one attached hydrogen (secondary N) is 1. The molecule has 0 fully saturated rings. The van der Waals surface area contributed by atoms with Crippen molar-refractivity contribution in [3.63, 3.8) is 0 Å². The van der Waals surface area contributed by atoms with Gasteiger partial charge in [0.05, 0.1) is 11.1 Å². The number of benzene rings is 1. The van der Waals surface area contributed by atoms with E-state index in [1.165, 1.54) is 6.20 Å². The summed E-state index contributed by atoms with van der Waals surface area (Å²) < 4.78 is 46.5. The van der Waals surface area contributed by atoms with E-state index >= 15 is 0 Å². The Bertz CT molecular complexity index is 1310. The maximum atomic E-state index is 12.7. The van der Waals surface area contributed by atoms with E-state index in [4.69, 9.17) is 4.74 Å².